The summed E-state index contributed by atoms with van der Waals surface area (Å²) in [6, 6.07) is 2.09. The van der Waals surface area contributed by atoms with E-state index in [9.17, 15) is 13.6 Å². The maximum atomic E-state index is 14.2. The van der Waals surface area contributed by atoms with Gasteiger partial charge in [0.2, 0.25) is 0 Å². The monoisotopic (exact) mass is 342 g/mol. The van der Waals surface area contributed by atoms with Crippen LogP contribution >= 0.6 is 11.3 Å². The van der Waals surface area contributed by atoms with Gasteiger partial charge >= 0.3 is 0 Å². The minimum atomic E-state index is -0.669. The van der Waals surface area contributed by atoms with Crippen LogP contribution in [0.5, 0.6) is 0 Å². The molecule has 0 saturated heterocycles. The van der Waals surface area contributed by atoms with Crippen molar-refractivity contribution in [2.45, 2.75) is 34.2 Å². The van der Waals surface area contributed by atoms with Crippen molar-refractivity contribution in [1.82, 2.24) is 4.57 Å². The molecule has 1 amide bonds. The number of fused-ring (bicyclic) bond motifs is 1. The topological polar surface area (TPSA) is 43.6 Å². The standard InChI is InChI=1S/C16H20F2N2O2S/c1-5-22-7-6-20-13-11(18)8-10(17)9-12(13)23-15(20)19-14(21)16(2,3)4/h8-9H,5-7H2,1-4H3. The number of rotatable bonds is 4. The van der Waals surface area contributed by atoms with Crippen LogP contribution in [0.25, 0.3) is 10.2 Å². The van der Waals surface area contributed by atoms with E-state index in [1.54, 1.807) is 25.3 Å². The molecule has 0 atom stereocenters. The molecule has 0 unspecified atom stereocenters. The molecule has 0 aliphatic heterocycles. The summed E-state index contributed by atoms with van der Waals surface area (Å²) in [6.07, 6.45) is 0. The molecule has 7 heteroatoms. The number of carbonyl (C=O) groups excluding carboxylic acids is 1. The van der Waals surface area contributed by atoms with Gasteiger partial charge in [0.15, 0.2) is 10.6 Å². The molecular formula is C16H20F2N2O2S. The molecule has 126 valence electrons. The molecule has 0 radical (unpaired) electrons. The number of halogens is 2. The Morgan fingerprint density at radius 2 is 2.04 bits per heavy atom. The van der Waals surface area contributed by atoms with Gasteiger partial charge in [-0.1, -0.05) is 32.1 Å². The summed E-state index contributed by atoms with van der Waals surface area (Å²) in [4.78, 5) is 16.6. The Labute approximate surface area is 137 Å². The summed E-state index contributed by atoms with van der Waals surface area (Å²) >= 11 is 1.09. The fraction of sp³-hybridized carbons (Fsp3) is 0.500. The van der Waals surface area contributed by atoms with Gasteiger partial charge in [-0.05, 0) is 13.0 Å². The first kappa shape index (κ1) is 17.7. The van der Waals surface area contributed by atoms with Gasteiger partial charge in [-0.2, -0.15) is 4.99 Å². The summed E-state index contributed by atoms with van der Waals surface area (Å²) in [5, 5.41) is 0. The highest BCUT2D eigenvalue weighted by atomic mass is 32.1. The Bertz CT molecular complexity index is 788. The highest BCUT2D eigenvalue weighted by molar-refractivity contribution is 7.16. The van der Waals surface area contributed by atoms with Gasteiger partial charge in [0.05, 0.1) is 16.8 Å². The molecule has 4 nitrogen and oxygen atoms in total. The Morgan fingerprint density at radius 3 is 2.65 bits per heavy atom. The van der Waals surface area contributed by atoms with E-state index < -0.39 is 17.0 Å². The third-order valence-electron chi connectivity index (χ3n) is 3.20. The molecule has 0 aliphatic carbocycles. The van der Waals surface area contributed by atoms with Crippen molar-refractivity contribution in [3.8, 4) is 0 Å². The molecule has 0 saturated carbocycles. The summed E-state index contributed by atoms with van der Waals surface area (Å²) in [5.41, 5.74) is -0.394. The van der Waals surface area contributed by atoms with Gasteiger partial charge in [-0.25, -0.2) is 8.78 Å². The van der Waals surface area contributed by atoms with Crippen molar-refractivity contribution in [2.24, 2.45) is 10.4 Å². The maximum Gasteiger partial charge on any atom is 0.253 e. The molecule has 0 spiro atoms. The van der Waals surface area contributed by atoms with Crippen LogP contribution in [0.4, 0.5) is 8.78 Å². The lowest BCUT2D eigenvalue weighted by Crippen LogP contribution is -2.25. The van der Waals surface area contributed by atoms with Crippen LogP contribution in [0.15, 0.2) is 17.1 Å². The molecule has 2 rings (SSSR count). The van der Waals surface area contributed by atoms with E-state index in [1.807, 2.05) is 6.92 Å². The van der Waals surface area contributed by atoms with Crippen molar-refractivity contribution < 1.29 is 18.3 Å². The summed E-state index contributed by atoms with van der Waals surface area (Å²) in [5.74, 6) is -1.63. The zero-order valence-corrected chi connectivity index (χ0v) is 14.5. The first-order chi connectivity index (χ1) is 10.7. The van der Waals surface area contributed by atoms with Gasteiger partial charge in [0, 0.05) is 24.6 Å². The lowest BCUT2D eigenvalue weighted by atomic mass is 9.96. The zero-order chi connectivity index (χ0) is 17.2. The smallest absolute Gasteiger partial charge is 0.253 e. The number of hydrogen-bond acceptors (Lipinski definition) is 3. The molecule has 1 heterocycles. The van der Waals surface area contributed by atoms with E-state index in [0.29, 0.717) is 29.3 Å². The van der Waals surface area contributed by atoms with Crippen LogP contribution in [0.1, 0.15) is 27.7 Å². The number of thiazole rings is 1. The number of hydrogen-bond donors (Lipinski definition) is 0. The van der Waals surface area contributed by atoms with Gasteiger partial charge in [-0.3, -0.25) is 4.79 Å². The first-order valence-corrected chi connectivity index (χ1v) is 8.21. The second kappa shape index (κ2) is 6.88. The third kappa shape index (κ3) is 4.03. The van der Waals surface area contributed by atoms with Crippen molar-refractivity contribution >= 4 is 27.5 Å². The van der Waals surface area contributed by atoms with E-state index in [1.165, 1.54) is 6.07 Å². The second-order valence-corrected chi connectivity index (χ2v) is 7.14. The number of carbonyl (C=O) groups is 1. The molecule has 0 aliphatic rings. The Morgan fingerprint density at radius 1 is 1.35 bits per heavy atom. The molecule has 0 bridgehead atoms. The fourth-order valence-electron chi connectivity index (χ4n) is 1.98. The Hall–Kier alpha value is -1.60. The Balaban J connectivity index is 2.63. The highest BCUT2D eigenvalue weighted by Crippen LogP contribution is 2.23. The zero-order valence-electron chi connectivity index (χ0n) is 13.7. The molecule has 2 aromatic rings. The van der Waals surface area contributed by atoms with Crippen LogP contribution < -0.4 is 4.80 Å². The molecule has 0 fully saturated rings. The van der Waals surface area contributed by atoms with Gasteiger partial charge in [-0.15, -0.1) is 0 Å². The van der Waals surface area contributed by atoms with Crippen LogP contribution in [-0.2, 0) is 16.1 Å². The van der Waals surface area contributed by atoms with Crippen LogP contribution in [-0.4, -0.2) is 23.7 Å². The lowest BCUT2D eigenvalue weighted by molar-refractivity contribution is -0.125. The minimum Gasteiger partial charge on any atom is -0.380 e. The number of amides is 1. The van der Waals surface area contributed by atoms with E-state index in [0.717, 1.165) is 17.4 Å². The van der Waals surface area contributed by atoms with Crippen molar-refractivity contribution in [1.29, 1.82) is 0 Å². The maximum absolute atomic E-state index is 14.2. The Kier molecular flexibility index (Phi) is 5.31. The molecular weight excluding hydrogens is 322 g/mol. The van der Waals surface area contributed by atoms with E-state index >= 15 is 0 Å². The molecule has 23 heavy (non-hydrogen) atoms. The quantitative estimate of drug-likeness (QED) is 0.798. The van der Waals surface area contributed by atoms with Crippen molar-refractivity contribution in [3.05, 3.63) is 28.6 Å². The highest BCUT2D eigenvalue weighted by Gasteiger charge is 2.21. The van der Waals surface area contributed by atoms with Crippen LogP contribution in [0.3, 0.4) is 0 Å². The van der Waals surface area contributed by atoms with Crippen molar-refractivity contribution in [2.75, 3.05) is 13.2 Å². The molecule has 0 N–H and O–H groups in total. The number of benzene rings is 1. The van der Waals surface area contributed by atoms with Gasteiger partial charge in [0.1, 0.15) is 5.82 Å². The van der Waals surface area contributed by atoms with E-state index in [-0.39, 0.29) is 11.4 Å². The minimum absolute atomic E-state index is 0.247. The van der Waals surface area contributed by atoms with E-state index in [2.05, 4.69) is 4.99 Å². The van der Waals surface area contributed by atoms with Crippen LogP contribution in [0.2, 0.25) is 0 Å². The number of ether oxygens (including phenoxy) is 1. The molecule has 1 aromatic carbocycles. The predicted molar refractivity (Wildman–Crippen MR) is 86.2 cm³/mol. The average molecular weight is 342 g/mol. The fourth-order valence-corrected chi connectivity index (χ4v) is 3.07. The summed E-state index contributed by atoms with van der Waals surface area (Å²) < 4.78 is 34.9. The predicted octanol–water partition coefficient (Wildman–Crippen LogP) is 3.49. The van der Waals surface area contributed by atoms with Crippen LogP contribution in [0, 0.1) is 17.0 Å². The van der Waals surface area contributed by atoms with Crippen molar-refractivity contribution in [3.63, 3.8) is 0 Å². The van der Waals surface area contributed by atoms with E-state index in [4.69, 9.17) is 4.74 Å². The first-order valence-electron chi connectivity index (χ1n) is 7.39. The second-order valence-electron chi connectivity index (χ2n) is 6.13. The number of aromatic nitrogens is 1. The average Bonchev–Trinajstić information content (AvgIpc) is 2.75. The summed E-state index contributed by atoms with van der Waals surface area (Å²) in [7, 11) is 0. The van der Waals surface area contributed by atoms with Gasteiger partial charge < -0.3 is 9.30 Å². The number of nitrogens with zero attached hydrogens (tertiary/aromatic N) is 2. The SMILES string of the molecule is CCOCCn1c(=NC(=O)C(C)(C)C)sc2cc(F)cc(F)c21. The largest absolute Gasteiger partial charge is 0.380 e. The lowest BCUT2D eigenvalue weighted by Gasteiger charge is -2.12. The molecule has 1 aromatic heterocycles. The third-order valence-corrected chi connectivity index (χ3v) is 4.22. The van der Waals surface area contributed by atoms with Gasteiger partial charge in [0.25, 0.3) is 5.91 Å². The summed E-state index contributed by atoms with van der Waals surface area (Å²) in [6.45, 7) is 8.38. The normalized spacial score (nSPS) is 13.0.